The summed E-state index contributed by atoms with van der Waals surface area (Å²) >= 11 is 17.7. The second-order valence-corrected chi connectivity index (χ2v) is 6.14. The number of phenols is 1. The van der Waals surface area contributed by atoms with Crippen LogP contribution in [0.5, 0.6) is 5.75 Å². The summed E-state index contributed by atoms with van der Waals surface area (Å²) in [4.78, 5) is 11.8. The van der Waals surface area contributed by atoms with Crippen molar-refractivity contribution in [3.05, 3.63) is 56.5 Å². The van der Waals surface area contributed by atoms with Gasteiger partial charge in [-0.3, -0.25) is 4.79 Å². The van der Waals surface area contributed by atoms with Gasteiger partial charge in [0.1, 0.15) is 5.75 Å². The second-order valence-electron chi connectivity index (χ2n) is 4.88. The molecule has 0 aromatic heterocycles. The van der Waals surface area contributed by atoms with Crippen LogP contribution in [0.2, 0.25) is 15.1 Å². The van der Waals surface area contributed by atoms with Gasteiger partial charge < -0.3 is 10.4 Å². The molecule has 0 saturated heterocycles. The first kappa shape index (κ1) is 18.4. The molecule has 0 aliphatic heterocycles. The topological polar surface area (TPSA) is 73.7 Å². The van der Waals surface area contributed by atoms with Crippen LogP contribution in [0.25, 0.3) is 0 Å². The Morgan fingerprint density at radius 3 is 2.75 bits per heavy atom. The Labute approximate surface area is 154 Å². The summed E-state index contributed by atoms with van der Waals surface area (Å²) in [5, 5.41) is 17.6. The van der Waals surface area contributed by atoms with E-state index in [0.29, 0.717) is 15.6 Å². The maximum absolute atomic E-state index is 11.8. The fourth-order valence-electron chi connectivity index (χ4n) is 1.87. The van der Waals surface area contributed by atoms with Crippen molar-refractivity contribution in [2.45, 2.75) is 6.92 Å². The number of benzene rings is 2. The standard InChI is InChI=1S/C16H14Cl3N3O2/c1-9-12(18)3-2-4-14(9)20-8-15(23)22-21-7-10-5-11(17)6-13(19)16(10)24/h2-7,20,24H,8H2,1H3,(H,22,23)/b21-7+. The fraction of sp³-hybridized carbons (Fsp3) is 0.125. The molecular formula is C16H14Cl3N3O2. The van der Waals surface area contributed by atoms with Crippen molar-refractivity contribution in [2.75, 3.05) is 11.9 Å². The molecule has 3 N–H and O–H groups in total. The minimum atomic E-state index is -0.363. The van der Waals surface area contributed by atoms with Crippen LogP contribution in [0.3, 0.4) is 0 Å². The van der Waals surface area contributed by atoms with Crippen LogP contribution in [0.1, 0.15) is 11.1 Å². The van der Waals surface area contributed by atoms with Crippen molar-refractivity contribution in [1.29, 1.82) is 0 Å². The summed E-state index contributed by atoms with van der Waals surface area (Å²) in [5.41, 5.74) is 4.26. The number of nitrogens with zero attached hydrogens (tertiary/aromatic N) is 1. The van der Waals surface area contributed by atoms with Gasteiger partial charge in [0.2, 0.25) is 0 Å². The molecule has 0 radical (unpaired) electrons. The van der Waals surface area contributed by atoms with Gasteiger partial charge in [-0.2, -0.15) is 5.10 Å². The molecular weight excluding hydrogens is 373 g/mol. The van der Waals surface area contributed by atoms with Crippen LogP contribution in [0.4, 0.5) is 5.69 Å². The van der Waals surface area contributed by atoms with Crippen LogP contribution in [-0.4, -0.2) is 23.8 Å². The number of rotatable bonds is 5. The SMILES string of the molecule is Cc1c(Cl)cccc1NCC(=O)N/N=C/c1cc(Cl)cc(Cl)c1O. The van der Waals surface area contributed by atoms with E-state index in [-0.39, 0.29) is 23.2 Å². The summed E-state index contributed by atoms with van der Waals surface area (Å²) in [6.45, 7) is 1.87. The average molecular weight is 387 g/mol. The Hall–Kier alpha value is -1.95. The van der Waals surface area contributed by atoms with E-state index in [1.165, 1.54) is 18.3 Å². The highest BCUT2D eigenvalue weighted by atomic mass is 35.5. The smallest absolute Gasteiger partial charge is 0.259 e. The highest BCUT2D eigenvalue weighted by molar-refractivity contribution is 6.36. The number of carbonyl (C=O) groups is 1. The van der Waals surface area contributed by atoms with Gasteiger partial charge in [-0.25, -0.2) is 5.43 Å². The Balaban J connectivity index is 1.93. The largest absolute Gasteiger partial charge is 0.506 e. The van der Waals surface area contributed by atoms with Crippen LogP contribution < -0.4 is 10.7 Å². The maximum atomic E-state index is 11.8. The first-order valence-corrected chi connectivity index (χ1v) is 8.00. The van der Waals surface area contributed by atoms with Crippen molar-refractivity contribution < 1.29 is 9.90 Å². The number of hydrazone groups is 1. The molecule has 0 fully saturated rings. The Kier molecular flexibility index (Phi) is 6.31. The lowest BCUT2D eigenvalue weighted by molar-refractivity contribution is -0.119. The van der Waals surface area contributed by atoms with Crippen molar-refractivity contribution in [3.8, 4) is 5.75 Å². The van der Waals surface area contributed by atoms with Gasteiger partial charge in [-0.05, 0) is 36.8 Å². The van der Waals surface area contributed by atoms with Crippen molar-refractivity contribution in [2.24, 2.45) is 5.10 Å². The summed E-state index contributed by atoms with van der Waals surface area (Å²) < 4.78 is 0. The lowest BCUT2D eigenvalue weighted by Crippen LogP contribution is -2.26. The van der Waals surface area contributed by atoms with E-state index in [1.807, 2.05) is 13.0 Å². The third-order valence-corrected chi connectivity index (χ3v) is 4.07. The minimum absolute atomic E-state index is 0.0147. The molecule has 0 saturated carbocycles. The van der Waals surface area contributed by atoms with E-state index in [9.17, 15) is 9.90 Å². The molecule has 2 aromatic rings. The molecule has 0 spiro atoms. The highest BCUT2D eigenvalue weighted by Gasteiger charge is 2.07. The number of amides is 1. The number of carbonyl (C=O) groups excluding carboxylic acids is 1. The van der Waals surface area contributed by atoms with Gasteiger partial charge in [0.15, 0.2) is 0 Å². The molecule has 126 valence electrons. The number of hydrogen-bond acceptors (Lipinski definition) is 4. The van der Waals surface area contributed by atoms with E-state index in [4.69, 9.17) is 34.8 Å². The lowest BCUT2D eigenvalue weighted by Gasteiger charge is -2.09. The zero-order chi connectivity index (χ0) is 17.7. The number of hydrogen-bond donors (Lipinski definition) is 3. The molecule has 1 amide bonds. The molecule has 0 bridgehead atoms. The van der Waals surface area contributed by atoms with Crippen molar-refractivity contribution in [3.63, 3.8) is 0 Å². The number of halogens is 3. The zero-order valence-corrected chi connectivity index (χ0v) is 14.9. The van der Waals surface area contributed by atoms with E-state index in [2.05, 4.69) is 15.8 Å². The molecule has 2 rings (SSSR count). The van der Waals surface area contributed by atoms with Gasteiger partial charge in [-0.15, -0.1) is 0 Å². The number of aromatic hydroxyl groups is 1. The fourth-order valence-corrected chi connectivity index (χ4v) is 2.56. The number of nitrogens with one attached hydrogen (secondary N) is 2. The Bertz CT molecular complexity index is 794. The van der Waals surface area contributed by atoms with Gasteiger partial charge in [0.25, 0.3) is 5.91 Å². The Morgan fingerprint density at radius 2 is 2.00 bits per heavy atom. The van der Waals surface area contributed by atoms with E-state index >= 15 is 0 Å². The van der Waals surface area contributed by atoms with Gasteiger partial charge >= 0.3 is 0 Å². The van der Waals surface area contributed by atoms with E-state index in [0.717, 1.165) is 11.3 Å². The zero-order valence-electron chi connectivity index (χ0n) is 12.6. The van der Waals surface area contributed by atoms with Crippen molar-refractivity contribution in [1.82, 2.24) is 5.43 Å². The predicted molar refractivity (Wildman–Crippen MR) is 98.5 cm³/mol. The molecule has 0 heterocycles. The minimum Gasteiger partial charge on any atom is -0.506 e. The van der Waals surface area contributed by atoms with Crippen LogP contribution in [-0.2, 0) is 4.79 Å². The monoisotopic (exact) mass is 385 g/mol. The Morgan fingerprint density at radius 1 is 1.25 bits per heavy atom. The quantitative estimate of drug-likeness (QED) is 0.532. The van der Waals surface area contributed by atoms with Gasteiger partial charge in [0.05, 0.1) is 17.8 Å². The molecule has 0 atom stereocenters. The molecule has 2 aromatic carbocycles. The maximum Gasteiger partial charge on any atom is 0.259 e. The first-order valence-electron chi connectivity index (χ1n) is 6.87. The van der Waals surface area contributed by atoms with Crippen LogP contribution >= 0.6 is 34.8 Å². The highest BCUT2D eigenvalue weighted by Crippen LogP contribution is 2.29. The summed E-state index contributed by atoms with van der Waals surface area (Å²) in [7, 11) is 0. The van der Waals surface area contributed by atoms with Gasteiger partial charge in [0, 0.05) is 21.3 Å². The molecule has 0 unspecified atom stereocenters. The number of phenolic OH excluding ortho intramolecular Hbond substituents is 1. The molecule has 0 aliphatic rings. The van der Waals surface area contributed by atoms with Crippen molar-refractivity contribution >= 4 is 52.6 Å². The predicted octanol–water partition coefficient (Wildman–Crippen LogP) is 4.22. The summed E-state index contributed by atoms with van der Waals surface area (Å²) in [6, 6.07) is 8.27. The lowest BCUT2D eigenvalue weighted by atomic mass is 10.2. The first-order chi connectivity index (χ1) is 11.4. The summed E-state index contributed by atoms with van der Waals surface area (Å²) in [6.07, 6.45) is 1.26. The average Bonchev–Trinajstić information content (AvgIpc) is 2.53. The summed E-state index contributed by atoms with van der Waals surface area (Å²) in [5.74, 6) is -0.523. The van der Waals surface area contributed by atoms with Crippen LogP contribution in [0, 0.1) is 6.92 Å². The normalized spacial score (nSPS) is 10.8. The third-order valence-electron chi connectivity index (χ3n) is 3.16. The molecule has 24 heavy (non-hydrogen) atoms. The molecule has 5 nitrogen and oxygen atoms in total. The number of anilines is 1. The second kappa shape index (κ2) is 8.24. The van der Waals surface area contributed by atoms with Crippen LogP contribution in [0.15, 0.2) is 35.4 Å². The molecule has 8 heteroatoms. The van der Waals surface area contributed by atoms with Gasteiger partial charge in [-0.1, -0.05) is 40.9 Å². The van der Waals surface area contributed by atoms with E-state index in [1.54, 1.807) is 12.1 Å². The molecule has 0 aliphatic carbocycles. The van der Waals surface area contributed by atoms with E-state index < -0.39 is 0 Å². The third kappa shape index (κ3) is 4.77.